The first-order chi connectivity index (χ1) is 9.70. The Morgan fingerprint density at radius 2 is 1.90 bits per heavy atom. The molecule has 0 radical (unpaired) electrons. The maximum absolute atomic E-state index is 9.56. The Balaban J connectivity index is 1.99. The van der Waals surface area contributed by atoms with Crippen molar-refractivity contribution in [1.29, 1.82) is 0 Å². The predicted octanol–water partition coefficient (Wildman–Crippen LogP) is 2.77. The average molecular weight is 273 g/mol. The van der Waals surface area contributed by atoms with E-state index in [1.54, 1.807) is 32.5 Å². The van der Waals surface area contributed by atoms with Crippen LogP contribution in [0.2, 0.25) is 0 Å². The molecule has 0 amide bonds. The Morgan fingerprint density at radius 1 is 1.15 bits per heavy atom. The van der Waals surface area contributed by atoms with Gasteiger partial charge in [0.2, 0.25) is 0 Å². The van der Waals surface area contributed by atoms with Crippen molar-refractivity contribution in [2.75, 3.05) is 13.7 Å². The first-order valence-corrected chi connectivity index (χ1v) is 6.58. The molecule has 1 N–H and O–H groups in total. The number of methoxy groups -OCH3 is 1. The number of hydrogen-bond donors (Lipinski definition) is 1. The summed E-state index contributed by atoms with van der Waals surface area (Å²) in [6.07, 6.45) is 3.83. The summed E-state index contributed by atoms with van der Waals surface area (Å²) < 4.78 is 11.0. The van der Waals surface area contributed by atoms with E-state index < -0.39 is 6.10 Å². The molecule has 1 aromatic carbocycles. The standard InChI is InChI=1S/C16H19NO3/c1-12(18)14-3-4-15(16(11-14)19-2)20-10-7-13-5-8-17-9-6-13/h3-6,8-9,11-12,18H,7,10H2,1-2H3/t12-/m1/s1. The van der Waals surface area contributed by atoms with E-state index >= 15 is 0 Å². The molecule has 0 spiro atoms. The van der Waals surface area contributed by atoms with Crippen molar-refractivity contribution in [3.8, 4) is 11.5 Å². The fraction of sp³-hybridized carbons (Fsp3) is 0.312. The van der Waals surface area contributed by atoms with Crippen molar-refractivity contribution in [1.82, 2.24) is 4.98 Å². The zero-order valence-corrected chi connectivity index (χ0v) is 11.7. The molecule has 0 saturated heterocycles. The van der Waals surface area contributed by atoms with Crippen LogP contribution in [-0.4, -0.2) is 23.8 Å². The average Bonchev–Trinajstić information content (AvgIpc) is 2.48. The zero-order chi connectivity index (χ0) is 14.4. The van der Waals surface area contributed by atoms with Crippen LogP contribution in [0.4, 0.5) is 0 Å². The van der Waals surface area contributed by atoms with Gasteiger partial charge < -0.3 is 14.6 Å². The maximum Gasteiger partial charge on any atom is 0.161 e. The van der Waals surface area contributed by atoms with Crippen LogP contribution < -0.4 is 9.47 Å². The van der Waals surface area contributed by atoms with Crippen molar-refractivity contribution in [3.63, 3.8) is 0 Å². The second-order valence-electron chi connectivity index (χ2n) is 4.54. The molecule has 20 heavy (non-hydrogen) atoms. The van der Waals surface area contributed by atoms with Gasteiger partial charge in [-0.3, -0.25) is 4.98 Å². The molecule has 106 valence electrons. The second-order valence-corrected chi connectivity index (χ2v) is 4.54. The van der Waals surface area contributed by atoms with E-state index in [0.29, 0.717) is 18.1 Å². The summed E-state index contributed by atoms with van der Waals surface area (Å²) in [6.45, 7) is 2.28. The number of aromatic nitrogens is 1. The lowest BCUT2D eigenvalue weighted by atomic mass is 10.1. The molecule has 0 bridgehead atoms. The first kappa shape index (κ1) is 14.3. The maximum atomic E-state index is 9.56. The predicted molar refractivity (Wildman–Crippen MR) is 77.1 cm³/mol. The summed E-state index contributed by atoms with van der Waals surface area (Å²) in [5.74, 6) is 1.32. The number of nitrogens with zero attached hydrogens (tertiary/aromatic N) is 1. The molecule has 1 aromatic heterocycles. The minimum absolute atomic E-state index is 0.519. The van der Waals surface area contributed by atoms with Crippen molar-refractivity contribution >= 4 is 0 Å². The van der Waals surface area contributed by atoms with Crippen LogP contribution in [0, 0.1) is 0 Å². The van der Waals surface area contributed by atoms with Crippen LogP contribution >= 0.6 is 0 Å². The lowest BCUT2D eigenvalue weighted by molar-refractivity contribution is 0.198. The lowest BCUT2D eigenvalue weighted by Crippen LogP contribution is -2.03. The fourth-order valence-corrected chi connectivity index (χ4v) is 1.89. The molecule has 4 nitrogen and oxygen atoms in total. The number of rotatable bonds is 6. The smallest absolute Gasteiger partial charge is 0.161 e. The van der Waals surface area contributed by atoms with E-state index in [2.05, 4.69) is 4.98 Å². The number of ether oxygens (including phenoxy) is 2. The van der Waals surface area contributed by atoms with E-state index in [1.807, 2.05) is 24.3 Å². The quantitative estimate of drug-likeness (QED) is 0.879. The summed E-state index contributed by atoms with van der Waals surface area (Å²) in [4.78, 5) is 3.98. The molecular formula is C16H19NO3. The van der Waals surface area contributed by atoms with Gasteiger partial charge in [0.05, 0.1) is 19.8 Å². The van der Waals surface area contributed by atoms with Gasteiger partial charge in [0.25, 0.3) is 0 Å². The van der Waals surface area contributed by atoms with Gasteiger partial charge in [0, 0.05) is 18.8 Å². The summed E-state index contributed by atoms with van der Waals surface area (Å²) in [5, 5.41) is 9.56. The van der Waals surface area contributed by atoms with Crippen molar-refractivity contribution in [3.05, 3.63) is 53.9 Å². The van der Waals surface area contributed by atoms with Gasteiger partial charge in [-0.05, 0) is 42.3 Å². The Hall–Kier alpha value is -2.07. The van der Waals surface area contributed by atoms with E-state index in [1.165, 1.54) is 5.56 Å². The largest absolute Gasteiger partial charge is 0.493 e. The van der Waals surface area contributed by atoms with Crippen molar-refractivity contribution < 1.29 is 14.6 Å². The highest BCUT2D eigenvalue weighted by Crippen LogP contribution is 2.30. The van der Waals surface area contributed by atoms with Crippen LogP contribution in [-0.2, 0) is 6.42 Å². The molecule has 2 rings (SSSR count). The number of benzene rings is 1. The third-order valence-electron chi connectivity index (χ3n) is 3.07. The molecule has 0 aliphatic rings. The summed E-state index contributed by atoms with van der Waals surface area (Å²) in [6, 6.07) is 9.41. The van der Waals surface area contributed by atoms with E-state index in [0.717, 1.165) is 12.0 Å². The molecule has 0 unspecified atom stereocenters. The zero-order valence-electron chi connectivity index (χ0n) is 11.7. The number of pyridine rings is 1. The van der Waals surface area contributed by atoms with Crippen molar-refractivity contribution in [2.24, 2.45) is 0 Å². The van der Waals surface area contributed by atoms with Gasteiger partial charge in [0.15, 0.2) is 11.5 Å². The van der Waals surface area contributed by atoms with Gasteiger partial charge in [-0.25, -0.2) is 0 Å². The minimum atomic E-state index is -0.519. The third kappa shape index (κ3) is 3.71. The normalized spacial score (nSPS) is 11.9. The van der Waals surface area contributed by atoms with Crippen LogP contribution in [0.1, 0.15) is 24.2 Å². The topological polar surface area (TPSA) is 51.6 Å². The molecular weight excluding hydrogens is 254 g/mol. The molecule has 0 saturated carbocycles. The third-order valence-corrected chi connectivity index (χ3v) is 3.07. The molecule has 4 heteroatoms. The van der Waals surface area contributed by atoms with Gasteiger partial charge in [-0.15, -0.1) is 0 Å². The highest BCUT2D eigenvalue weighted by molar-refractivity contribution is 5.43. The minimum Gasteiger partial charge on any atom is -0.493 e. The van der Waals surface area contributed by atoms with Gasteiger partial charge in [-0.2, -0.15) is 0 Å². The van der Waals surface area contributed by atoms with Crippen molar-refractivity contribution in [2.45, 2.75) is 19.4 Å². The van der Waals surface area contributed by atoms with Crippen LogP contribution in [0.5, 0.6) is 11.5 Å². The Kier molecular flexibility index (Phi) is 4.96. The molecule has 1 heterocycles. The molecule has 0 aliphatic heterocycles. The molecule has 0 fully saturated rings. The van der Waals surface area contributed by atoms with Gasteiger partial charge in [-0.1, -0.05) is 6.07 Å². The van der Waals surface area contributed by atoms with Gasteiger partial charge >= 0.3 is 0 Å². The number of aliphatic hydroxyl groups is 1. The Bertz CT molecular complexity index is 541. The Labute approximate surface area is 119 Å². The Morgan fingerprint density at radius 3 is 2.55 bits per heavy atom. The monoisotopic (exact) mass is 273 g/mol. The molecule has 2 aromatic rings. The van der Waals surface area contributed by atoms with Crippen LogP contribution in [0.3, 0.4) is 0 Å². The van der Waals surface area contributed by atoms with Crippen LogP contribution in [0.15, 0.2) is 42.7 Å². The van der Waals surface area contributed by atoms with E-state index in [4.69, 9.17) is 9.47 Å². The van der Waals surface area contributed by atoms with E-state index in [-0.39, 0.29) is 0 Å². The molecule has 1 atom stereocenters. The summed E-state index contributed by atoms with van der Waals surface area (Å²) in [5.41, 5.74) is 1.99. The van der Waals surface area contributed by atoms with E-state index in [9.17, 15) is 5.11 Å². The van der Waals surface area contributed by atoms with Crippen LogP contribution in [0.25, 0.3) is 0 Å². The first-order valence-electron chi connectivity index (χ1n) is 6.58. The highest BCUT2D eigenvalue weighted by Gasteiger charge is 2.08. The highest BCUT2D eigenvalue weighted by atomic mass is 16.5. The lowest BCUT2D eigenvalue weighted by Gasteiger charge is -2.13. The second kappa shape index (κ2) is 6.91. The summed E-state index contributed by atoms with van der Waals surface area (Å²) >= 11 is 0. The fourth-order valence-electron chi connectivity index (χ4n) is 1.89. The SMILES string of the molecule is COc1cc([C@@H](C)O)ccc1OCCc1ccncc1. The van der Waals surface area contributed by atoms with Gasteiger partial charge in [0.1, 0.15) is 0 Å². The number of hydrogen-bond acceptors (Lipinski definition) is 4. The number of aliphatic hydroxyl groups excluding tert-OH is 1. The summed E-state index contributed by atoms with van der Waals surface area (Å²) in [7, 11) is 1.59. The molecule has 0 aliphatic carbocycles.